The van der Waals surface area contributed by atoms with Crippen LogP contribution in [0.5, 0.6) is 0 Å². The highest BCUT2D eigenvalue weighted by Gasteiger charge is 2.03. The van der Waals surface area contributed by atoms with Crippen LogP contribution in [0.15, 0.2) is 11.6 Å². The van der Waals surface area contributed by atoms with E-state index in [0.717, 1.165) is 6.42 Å². The first kappa shape index (κ1) is 9.70. The molecule has 0 aliphatic rings. The molecule has 2 unspecified atom stereocenters. The molecule has 0 aliphatic carbocycles. The molecule has 1 heteroatoms. The predicted molar refractivity (Wildman–Crippen MR) is 46.9 cm³/mol. The van der Waals surface area contributed by atoms with Crippen LogP contribution in [-0.4, -0.2) is 6.04 Å². The lowest BCUT2D eigenvalue weighted by molar-refractivity contribution is 0.489. The van der Waals surface area contributed by atoms with Gasteiger partial charge in [0.05, 0.1) is 0 Å². The van der Waals surface area contributed by atoms with Crippen molar-refractivity contribution in [1.29, 1.82) is 0 Å². The molecule has 0 aromatic carbocycles. The van der Waals surface area contributed by atoms with Crippen LogP contribution < -0.4 is 5.73 Å². The minimum atomic E-state index is 0.315. The van der Waals surface area contributed by atoms with Crippen LogP contribution >= 0.6 is 0 Å². The van der Waals surface area contributed by atoms with Gasteiger partial charge in [-0.25, -0.2) is 0 Å². The second-order valence-corrected chi connectivity index (χ2v) is 3.35. The average Bonchev–Trinajstić information content (AvgIpc) is 1.82. The molecule has 0 saturated heterocycles. The van der Waals surface area contributed by atoms with Gasteiger partial charge in [0.25, 0.3) is 0 Å². The Labute approximate surface area is 64.3 Å². The van der Waals surface area contributed by atoms with Gasteiger partial charge in [0.15, 0.2) is 0 Å². The highest BCUT2D eigenvalue weighted by molar-refractivity contribution is 4.94. The van der Waals surface area contributed by atoms with Crippen LogP contribution in [0.4, 0.5) is 0 Å². The second-order valence-electron chi connectivity index (χ2n) is 3.35. The first-order valence-electron chi connectivity index (χ1n) is 3.93. The third kappa shape index (κ3) is 4.57. The molecule has 0 aromatic rings. The van der Waals surface area contributed by atoms with Crippen molar-refractivity contribution in [1.82, 2.24) is 0 Å². The third-order valence-electron chi connectivity index (χ3n) is 1.80. The Bertz CT molecular complexity index is 110. The molecule has 1 nitrogen and oxygen atoms in total. The fourth-order valence-electron chi connectivity index (χ4n) is 0.636. The van der Waals surface area contributed by atoms with Gasteiger partial charge in [0.2, 0.25) is 0 Å². The van der Waals surface area contributed by atoms with Gasteiger partial charge in [-0.2, -0.15) is 0 Å². The zero-order valence-corrected chi connectivity index (χ0v) is 7.52. The molecule has 0 aromatic heterocycles. The first-order chi connectivity index (χ1) is 4.54. The van der Waals surface area contributed by atoms with Gasteiger partial charge in [0, 0.05) is 6.04 Å². The topological polar surface area (TPSA) is 26.0 Å². The van der Waals surface area contributed by atoms with E-state index in [0.29, 0.717) is 12.0 Å². The highest BCUT2D eigenvalue weighted by Crippen LogP contribution is 2.07. The van der Waals surface area contributed by atoms with Gasteiger partial charge < -0.3 is 5.73 Å². The van der Waals surface area contributed by atoms with Crippen LogP contribution in [0, 0.1) is 5.92 Å². The monoisotopic (exact) mass is 141 g/mol. The Balaban J connectivity index is 3.59. The fraction of sp³-hybridized carbons (Fsp3) is 0.778. The van der Waals surface area contributed by atoms with Gasteiger partial charge in [-0.05, 0) is 33.1 Å². The van der Waals surface area contributed by atoms with Gasteiger partial charge in [-0.3, -0.25) is 0 Å². The third-order valence-corrected chi connectivity index (χ3v) is 1.80. The molecule has 0 rings (SSSR count). The molecular weight excluding hydrogens is 122 g/mol. The lowest BCUT2D eigenvalue weighted by Gasteiger charge is -2.12. The molecule has 0 heterocycles. The molecular formula is C9H19N. The molecule has 0 spiro atoms. The van der Waals surface area contributed by atoms with E-state index in [1.54, 1.807) is 0 Å². The molecule has 2 atom stereocenters. The summed E-state index contributed by atoms with van der Waals surface area (Å²) >= 11 is 0. The van der Waals surface area contributed by atoms with Crippen LogP contribution in [-0.2, 0) is 0 Å². The van der Waals surface area contributed by atoms with Gasteiger partial charge >= 0.3 is 0 Å². The number of nitrogens with two attached hydrogens (primary N) is 1. The quantitative estimate of drug-likeness (QED) is 0.600. The van der Waals surface area contributed by atoms with Crippen molar-refractivity contribution in [2.24, 2.45) is 11.7 Å². The standard InChI is InChI=1S/C9H19N/c1-7(2)5-6-8(3)9(4)10/h5,8-9H,6,10H2,1-4H3. The normalized spacial score (nSPS) is 16.1. The molecule has 10 heavy (non-hydrogen) atoms. The molecule has 0 bridgehead atoms. The molecule has 0 saturated carbocycles. The van der Waals surface area contributed by atoms with E-state index in [2.05, 4.69) is 33.8 Å². The maximum Gasteiger partial charge on any atom is 0.00390 e. The van der Waals surface area contributed by atoms with E-state index >= 15 is 0 Å². The van der Waals surface area contributed by atoms with E-state index in [1.807, 2.05) is 0 Å². The van der Waals surface area contributed by atoms with E-state index in [1.165, 1.54) is 5.57 Å². The van der Waals surface area contributed by atoms with E-state index in [4.69, 9.17) is 5.73 Å². The Kier molecular flexibility index (Phi) is 4.37. The fourth-order valence-corrected chi connectivity index (χ4v) is 0.636. The molecule has 60 valence electrons. The van der Waals surface area contributed by atoms with E-state index < -0.39 is 0 Å². The van der Waals surface area contributed by atoms with Crippen molar-refractivity contribution in [3.8, 4) is 0 Å². The van der Waals surface area contributed by atoms with Crippen molar-refractivity contribution in [2.45, 2.75) is 40.2 Å². The molecule has 2 N–H and O–H groups in total. The van der Waals surface area contributed by atoms with Crippen molar-refractivity contribution >= 4 is 0 Å². The molecule has 0 aliphatic heterocycles. The van der Waals surface area contributed by atoms with Crippen LogP contribution in [0.3, 0.4) is 0 Å². The molecule has 0 amide bonds. The van der Waals surface area contributed by atoms with Crippen molar-refractivity contribution < 1.29 is 0 Å². The SMILES string of the molecule is CC(C)=CCC(C)C(C)N. The Morgan fingerprint density at radius 2 is 1.90 bits per heavy atom. The summed E-state index contributed by atoms with van der Waals surface area (Å²) in [5.41, 5.74) is 7.07. The average molecular weight is 141 g/mol. The molecule has 0 fully saturated rings. The lowest BCUT2D eigenvalue weighted by atomic mass is 10.00. The second kappa shape index (κ2) is 4.51. The van der Waals surface area contributed by atoms with Crippen LogP contribution in [0.1, 0.15) is 34.1 Å². The smallest absolute Gasteiger partial charge is 0.00390 e. The predicted octanol–water partition coefficient (Wildman–Crippen LogP) is 2.33. The number of hydrogen-bond acceptors (Lipinski definition) is 1. The van der Waals surface area contributed by atoms with Crippen molar-refractivity contribution in [3.05, 3.63) is 11.6 Å². The van der Waals surface area contributed by atoms with E-state index in [-0.39, 0.29) is 0 Å². The summed E-state index contributed by atoms with van der Waals surface area (Å²) in [6.07, 6.45) is 3.36. The summed E-state index contributed by atoms with van der Waals surface area (Å²) in [4.78, 5) is 0. The summed E-state index contributed by atoms with van der Waals surface area (Å²) in [5.74, 6) is 0.606. The number of rotatable bonds is 3. The summed E-state index contributed by atoms with van der Waals surface area (Å²) in [7, 11) is 0. The first-order valence-corrected chi connectivity index (χ1v) is 3.93. The maximum absolute atomic E-state index is 5.69. The van der Waals surface area contributed by atoms with Crippen LogP contribution in [0.2, 0.25) is 0 Å². The summed E-state index contributed by atoms with van der Waals surface area (Å²) in [6, 6.07) is 0.315. The van der Waals surface area contributed by atoms with Gasteiger partial charge in [-0.15, -0.1) is 0 Å². The van der Waals surface area contributed by atoms with Crippen molar-refractivity contribution in [3.63, 3.8) is 0 Å². The zero-order chi connectivity index (χ0) is 8.15. The summed E-state index contributed by atoms with van der Waals surface area (Å²) < 4.78 is 0. The minimum absolute atomic E-state index is 0.315. The Hall–Kier alpha value is -0.300. The summed E-state index contributed by atoms with van der Waals surface area (Å²) in [6.45, 7) is 8.48. The van der Waals surface area contributed by atoms with Crippen molar-refractivity contribution in [2.75, 3.05) is 0 Å². The van der Waals surface area contributed by atoms with Gasteiger partial charge in [0.1, 0.15) is 0 Å². The number of allylic oxidation sites excluding steroid dienone is 2. The largest absolute Gasteiger partial charge is 0.328 e. The highest BCUT2D eigenvalue weighted by atomic mass is 14.6. The minimum Gasteiger partial charge on any atom is -0.328 e. The number of hydrogen-bond donors (Lipinski definition) is 1. The van der Waals surface area contributed by atoms with Gasteiger partial charge in [-0.1, -0.05) is 18.6 Å². The maximum atomic E-state index is 5.69. The van der Waals surface area contributed by atoms with E-state index in [9.17, 15) is 0 Å². The Morgan fingerprint density at radius 3 is 2.20 bits per heavy atom. The zero-order valence-electron chi connectivity index (χ0n) is 7.52. The van der Waals surface area contributed by atoms with Crippen LogP contribution in [0.25, 0.3) is 0 Å². The lowest BCUT2D eigenvalue weighted by Crippen LogP contribution is -2.23. The summed E-state index contributed by atoms with van der Waals surface area (Å²) in [5, 5.41) is 0. The Morgan fingerprint density at radius 1 is 1.40 bits per heavy atom. The molecule has 0 radical (unpaired) electrons.